The van der Waals surface area contributed by atoms with Crippen molar-refractivity contribution in [3.05, 3.63) is 89.2 Å². The molecule has 0 saturated carbocycles. The molecule has 0 atom stereocenters. The van der Waals surface area contributed by atoms with Crippen LogP contribution in [0.3, 0.4) is 0 Å². The van der Waals surface area contributed by atoms with Gasteiger partial charge in [0, 0.05) is 34.4 Å². The molecule has 0 aliphatic rings. The topological polar surface area (TPSA) is 114 Å². The van der Waals surface area contributed by atoms with Crippen molar-refractivity contribution in [2.75, 3.05) is 16.0 Å². The number of fused-ring (bicyclic) bond motifs is 1. The van der Waals surface area contributed by atoms with Crippen LogP contribution >= 0.6 is 11.3 Å². The zero-order valence-electron chi connectivity index (χ0n) is 18.9. The summed E-state index contributed by atoms with van der Waals surface area (Å²) in [6, 6.07) is 17.0. The fraction of sp³-hybridized carbons (Fsp3) is 0.0800. The monoisotopic (exact) mass is 483 g/mol. The molecule has 5 aromatic rings. The molecule has 9 nitrogen and oxygen atoms in total. The van der Waals surface area contributed by atoms with E-state index in [2.05, 4.69) is 31.0 Å². The van der Waals surface area contributed by atoms with Crippen molar-refractivity contribution in [1.82, 2.24) is 19.7 Å². The molecule has 0 aliphatic heterocycles. The number of pyridine rings is 1. The predicted molar refractivity (Wildman–Crippen MR) is 137 cm³/mol. The van der Waals surface area contributed by atoms with E-state index in [9.17, 15) is 9.59 Å². The summed E-state index contributed by atoms with van der Waals surface area (Å²) in [5.41, 5.74) is 3.03. The molecule has 0 fully saturated rings. The normalized spacial score (nSPS) is 10.8. The van der Waals surface area contributed by atoms with Gasteiger partial charge in [0.15, 0.2) is 5.82 Å². The summed E-state index contributed by atoms with van der Waals surface area (Å²) < 4.78 is 2.50. The van der Waals surface area contributed by atoms with Crippen LogP contribution in [0.15, 0.2) is 72.5 Å². The highest BCUT2D eigenvalue weighted by atomic mass is 32.1. The molecular formula is C25H21N7O2S. The molecule has 3 aromatic heterocycles. The lowest BCUT2D eigenvalue weighted by Crippen LogP contribution is -2.17. The SMILES string of the molecule is Cc1ccccc1Nc1ncc(C(=O)Nc2ncn(C)n2)cc1NC(=O)c1csc2ccccc12. The van der Waals surface area contributed by atoms with Crippen molar-refractivity contribution in [3.63, 3.8) is 0 Å². The highest BCUT2D eigenvalue weighted by molar-refractivity contribution is 7.17. The Morgan fingerprint density at radius 1 is 0.943 bits per heavy atom. The molecule has 0 aliphatic carbocycles. The second-order valence-corrected chi connectivity index (χ2v) is 8.77. The molecule has 0 radical (unpaired) electrons. The number of anilines is 4. The minimum Gasteiger partial charge on any atom is -0.338 e. The van der Waals surface area contributed by atoms with Gasteiger partial charge < -0.3 is 10.6 Å². The number of hydrogen-bond donors (Lipinski definition) is 3. The van der Waals surface area contributed by atoms with Gasteiger partial charge in [0.2, 0.25) is 5.95 Å². The quantitative estimate of drug-likeness (QED) is 0.314. The fourth-order valence-corrected chi connectivity index (χ4v) is 4.48. The Kier molecular flexibility index (Phi) is 5.94. The van der Waals surface area contributed by atoms with Crippen molar-refractivity contribution in [2.45, 2.75) is 6.92 Å². The first-order valence-electron chi connectivity index (χ1n) is 10.8. The Morgan fingerprint density at radius 3 is 2.54 bits per heavy atom. The third-order valence-corrected chi connectivity index (χ3v) is 6.31. The zero-order valence-corrected chi connectivity index (χ0v) is 19.8. The molecule has 0 bridgehead atoms. The third-order valence-electron chi connectivity index (χ3n) is 5.35. The summed E-state index contributed by atoms with van der Waals surface area (Å²) in [4.78, 5) is 34.5. The van der Waals surface area contributed by atoms with Crippen molar-refractivity contribution in [1.29, 1.82) is 0 Å². The van der Waals surface area contributed by atoms with E-state index in [1.54, 1.807) is 13.1 Å². The smallest absolute Gasteiger partial charge is 0.259 e. The van der Waals surface area contributed by atoms with Gasteiger partial charge in [-0.3, -0.25) is 19.6 Å². The molecule has 0 unspecified atom stereocenters. The van der Waals surface area contributed by atoms with Crippen LogP contribution in [0.4, 0.5) is 23.1 Å². The number of hydrogen-bond acceptors (Lipinski definition) is 7. The first-order valence-corrected chi connectivity index (χ1v) is 11.6. The number of aromatic nitrogens is 4. The van der Waals surface area contributed by atoms with Crippen LogP contribution in [-0.2, 0) is 7.05 Å². The summed E-state index contributed by atoms with van der Waals surface area (Å²) in [6.07, 6.45) is 2.93. The van der Waals surface area contributed by atoms with Crippen molar-refractivity contribution in [3.8, 4) is 0 Å². The lowest BCUT2D eigenvalue weighted by Gasteiger charge is -2.15. The van der Waals surface area contributed by atoms with Gasteiger partial charge in [0.25, 0.3) is 11.8 Å². The minimum absolute atomic E-state index is 0.176. The number of benzene rings is 2. The van der Waals surface area contributed by atoms with Crippen LogP contribution in [-0.4, -0.2) is 31.6 Å². The average Bonchev–Trinajstić information content (AvgIpc) is 3.47. The zero-order chi connectivity index (χ0) is 24.4. The summed E-state index contributed by atoms with van der Waals surface area (Å²) >= 11 is 1.50. The van der Waals surface area contributed by atoms with Gasteiger partial charge in [-0.2, -0.15) is 0 Å². The van der Waals surface area contributed by atoms with Crippen molar-refractivity contribution >= 4 is 56.4 Å². The van der Waals surface area contributed by atoms with Gasteiger partial charge in [-0.25, -0.2) is 9.97 Å². The number of carbonyl (C=O) groups is 2. The number of aryl methyl sites for hydroxylation is 2. The maximum Gasteiger partial charge on any atom is 0.259 e. The van der Waals surface area contributed by atoms with Crippen LogP contribution in [0.5, 0.6) is 0 Å². The number of rotatable bonds is 6. The van der Waals surface area contributed by atoms with Crippen LogP contribution < -0.4 is 16.0 Å². The minimum atomic E-state index is -0.442. The summed E-state index contributed by atoms with van der Waals surface area (Å²) in [5.74, 6) is -0.140. The highest BCUT2D eigenvalue weighted by Gasteiger charge is 2.18. The first kappa shape index (κ1) is 22.2. The van der Waals surface area contributed by atoms with Gasteiger partial charge in [-0.15, -0.1) is 16.4 Å². The Hall–Kier alpha value is -4.57. The number of carbonyl (C=O) groups excluding carboxylic acids is 2. The van der Waals surface area contributed by atoms with E-state index in [0.29, 0.717) is 17.1 Å². The standard InChI is InChI=1S/C25H21N7O2S/c1-15-7-3-5-9-19(15)28-22-20(29-24(34)18-13-35-21-10-6-4-8-17(18)21)11-16(12-26-22)23(33)30-25-27-14-32(2)31-25/h3-14H,1-2H3,(H,26,28)(H,29,34)(H,30,31,33). The molecule has 0 spiro atoms. The number of thiophene rings is 1. The van der Waals surface area contributed by atoms with Gasteiger partial charge >= 0.3 is 0 Å². The van der Waals surface area contributed by atoms with E-state index in [1.165, 1.54) is 28.5 Å². The molecule has 174 valence electrons. The van der Waals surface area contributed by atoms with Gasteiger partial charge in [-0.1, -0.05) is 36.4 Å². The van der Waals surface area contributed by atoms with E-state index in [-0.39, 0.29) is 17.4 Å². The number of amides is 2. The van der Waals surface area contributed by atoms with E-state index < -0.39 is 5.91 Å². The Bertz CT molecular complexity index is 1560. The second-order valence-electron chi connectivity index (χ2n) is 7.86. The first-order chi connectivity index (χ1) is 17.0. The molecule has 2 aromatic carbocycles. The lowest BCUT2D eigenvalue weighted by molar-refractivity contribution is 0.101. The summed E-state index contributed by atoms with van der Waals surface area (Å²) in [7, 11) is 1.71. The van der Waals surface area contributed by atoms with Crippen LogP contribution in [0, 0.1) is 6.92 Å². The number of nitrogens with one attached hydrogen (secondary N) is 3. The van der Waals surface area contributed by atoms with Gasteiger partial charge in [-0.05, 0) is 30.7 Å². The van der Waals surface area contributed by atoms with E-state index in [0.717, 1.165) is 21.3 Å². The molecule has 3 heterocycles. The molecular weight excluding hydrogens is 462 g/mol. The van der Waals surface area contributed by atoms with E-state index >= 15 is 0 Å². The summed E-state index contributed by atoms with van der Waals surface area (Å²) in [6.45, 7) is 1.97. The lowest BCUT2D eigenvalue weighted by atomic mass is 10.1. The molecule has 10 heteroatoms. The van der Waals surface area contributed by atoms with Crippen LogP contribution in [0.2, 0.25) is 0 Å². The third kappa shape index (κ3) is 4.73. The molecule has 35 heavy (non-hydrogen) atoms. The maximum atomic E-state index is 13.3. The second kappa shape index (κ2) is 9.35. The molecule has 5 rings (SSSR count). The van der Waals surface area contributed by atoms with Crippen LogP contribution in [0.1, 0.15) is 26.3 Å². The largest absolute Gasteiger partial charge is 0.338 e. The van der Waals surface area contributed by atoms with Crippen molar-refractivity contribution < 1.29 is 9.59 Å². The molecule has 3 N–H and O–H groups in total. The molecule has 0 saturated heterocycles. The maximum absolute atomic E-state index is 13.3. The number of nitrogens with zero attached hydrogens (tertiary/aromatic N) is 4. The Labute approximate surface area is 204 Å². The van der Waals surface area contributed by atoms with Crippen molar-refractivity contribution in [2.24, 2.45) is 7.05 Å². The fourth-order valence-electron chi connectivity index (χ4n) is 3.54. The molecule has 2 amide bonds. The van der Waals surface area contributed by atoms with Gasteiger partial charge in [0.05, 0.1) is 16.8 Å². The Morgan fingerprint density at radius 2 is 1.74 bits per heavy atom. The van der Waals surface area contributed by atoms with E-state index in [4.69, 9.17) is 0 Å². The predicted octanol–water partition coefficient (Wildman–Crippen LogP) is 4.98. The van der Waals surface area contributed by atoms with E-state index in [1.807, 2.05) is 60.8 Å². The average molecular weight is 484 g/mol. The highest BCUT2D eigenvalue weighted by Crippen LogP contribution is 2.30. The summed E-state index contributed by atoms with van der Waals surface area (Å²) in [5, 5.41) is 15.6. The Balaban J connectivity index is 1.48. The van der Waals surface area contributed by atoms with Gasteiger partial charge in [0.1, 0.15) is 6.33 Å². The number of para-hydroxylation sites is 1. The van der Waals surface area contributed by atoms with Crippen LogP contribution in [0.25, 0.3) is 10.1 Å².